The summed E-state index contributed by atoms with van der Waals surface area (Å²) in [6, 6.07) is 9.92. The lowest BCUT2D eigenvalue weighted by molar-refractivity contribution is -0.113. The van der Waals surface area contributed by atoms with E-state index < -0.39 is 0 Å². The van der Waals surface area contributed by atoms with E-state index in [-0.39, 0.29) is 5.91 Å². The van der Waals surface area contributed by atoms with Crippen molar-refractivity contribution in [3.05, 3.63) is 57.8 Å². The van der Waals surface area contributed by atoms with E-state index in [1.165, 1.54) is 23.0 Å². The third kappa shape index (κ3) is 3.91. The van der Waals surface area contributed by atoms with Crippen LogP contribution in [0.1, 0.15) is 22.5 Å². The summed E-state index contributed by atoms with van der Waals surface area (Å²) in [5.74, 6) is -0.132. The van der Waals surface area contributed by atoms with E-state index >= 15 is 0 Å². The molecular weight excluding hydrogens is 370 g/mol. The molecule has 2 aliphatic heterocycles. The average molecular weight is 396 g/mol. The van der Waals surface area contributed by atoms with Crippen molar-refractivity contribution < 1.29 is 4.79 Å². The van der Waals surface area contributed by atoms with Gasteiger partial charge in [-0.15, -0.1) is 0 Å². The Bertz CT molecular complexity index is 939. The van der Waals surface area contributed by atoms with Gasteiger partial charge in [-0.05, 0) is 37.2 Å². The molecule has 0 N–H and O–H groups in total. The molecule has 1 aromatic carbocycles. The van der Waals surface area contributed by atoms with Crippen LogP contribution in [0.15, 0.2) is 40.2 Å². The largest absolute Gasteiger partial charge is 0.348 e. The normalized spacial score (nSPS) is 19.5. The van der Waals surface area contributed by atoms with Crippen LogP contribution in [0.5, 0.6) is 0 Å². The Morgan fingerprint density at radius 2 is 1.82 bits per heavy atom. The van der Waals surface area contributed by atoms with Crippen LogP contribution in [-0.2, 0) is 18.4 Å². The molecule has 28 heavy (non-hydrogen) atoms. The second-order valence-electron chi connectivity index (χ2n) is 7.26. The lowest BCUT2D eigenvalue weighted by Gasteiger charge is -2.35. The number of carbonyl (C=O) groups is 1. The van der Waals surface area contributed by atoms with E-state index in [0.717, 1.165) is 49.1 Å². The van der Waals surface area contributed by atoms with E-state index in [0.29, 0.717) is 4.91 Å². The monoisotopic (exact) mass is 395 g/mol. The van der Waals surface area contributed by atoms with Crippen LogP contribution in [0.3, 0.4) is 0 Å². The van der Waals surface area contributed by atoms with Gasteiger partial charge in [-0.25, -0.2) is 0 Å². The molecule has 4 rings (SSSR count). The Hall–Kier alpha value is -2.38. The van der Waals surface area contributed by atoms with Gasteiger partial charge in [0.2, 0.25) is 0 Å². The molecule has 2 aromatic rings. The minimum absolute atomic E-state index is 0.132. The van der Waals surface area contributed by atoms with Gasteiger partial charge in [-0.2, -0.15) is 10.1 Å². The summed E-state index contributed by atoms with van der Waals surface area (Å²) in [6.45, 7) is 8.82. The number of carbonyl (C=O) groups excluding carboxylic acids is 1. The van der Waals surface area contributed by atoms with E-state index in [1.807, 2.05) is 48.1 Å². The van der Waals surface area contributed by atoms with Gasteiger partial charge in [0.1, 0.15) is 0 Å². The van der Waals surface area contributed by atoms with Gasteiger partial charge in [0.15, 0.2) is 5.17 Å². The van der Waals surface area contributed by atoms with Crippen molar-refractivity contribution in [2.75, 3.05) is 26.2 Å². The van der Waals surface area contributed by atoms with Gasteiger partial charge >= 0.3 is 0 Å². The smallest absolute Gasteiger partial charge is 0.286 e. The molecule has 0 saturated carbocycles. The van der Waals surface area contributed by atoms with Gasteiger partial charge in [0, 0.05) is 51.0 Å². The highest BCUT2D eigenvalue weighted by Crippen LogP contribution is 2.30. The maximum atomic E-state index is 12.3. The number of aliphatic imine (C=N–C) groups is 1. The van der Waals surface area contributed by atoms with Crippen LogP contribution in [0.25, 0.3) is 6.08 Å². The highest BCUT2D eigenvalue weighted by molar-refractivity contribution is 8.18. The first-order chi connectivity index (χ1) is 13.5. The van der Waals surface area contributed by atoms with Crippen LogP contribution < -0.4 is 0 Å². The molecule has 0 atom stereocenters. The van der Waals surface area contributed by atoms with Crippen molar-refractivity contribution in [1.29, 1.82) is 0 Å². The van der Waals surface area contributed by atoms with E-state index in [2.05, 4.69) is 33.7 Å². The molecule has 0 bridgehead atoms. The zero-order chi connectivity index (χ0) is 19.7. The van der Waals surface area contributed by atoms with Crippen molar-refractivity contribution in [3.63, 3.8) is 0 Å². The zero-order valence-corrected chi connectivity index (χ0v) is 17.4. The molecule has 1 amide bonds. The molecule has 1 fully saturated rings. The number of hydrogen-bond donors (Lipinski definition) is 0. The van der Waals surface area contributed by atoms with Crippen LogP contribution in [-0.4, -0.2) is 56.8 Å². The molecule has 1 aromatic heterocycles. The zero-order valence-electron chi connectivity index (χ0n) is 16.6. The van der Waals surface area contributed by atoms with Gasteiger partial charge in [0.05, 0.1) is 10.6 Å². The molecule has 6 nitrogen and oxygen atoms in total. The Labute approximate surface area is 169 Å². The Balaban J connectivity index is 1.36. The molecule has 3 heterocycles. The van der Waals surface area contributed by atoms with Gasteiger partial charge in [0.25, 0.3) is 5.91 Å². The van der Waals surface area contributed by atoms with Crippen LogP contribution in [0.4, 0.5) is 0 Å². The summed E-state index contributed by atoms with van der Waals surface area (Å²) >= 11 is 1.49. The highest BCUT2D eigenvalue weighted by Gasteiger charge is 2.28. The number of aryl methyl sites for hydroxylation is 2. The average Bonchev–Trinajstić information content (AvgIpc) is 3.17. The van der Waals surface area contributed by atoms with Crippen LogP contribution in [0, 0.1) is 13.8 Å². The third-order valence-corrected chi connectivity index (χ3v) is 6.43. The first-order valence-electron chi connectivity index (χ1n) is 9.55. The maximum absolute atomic E-state index is 12.3. The molecule has 2 aliphatic rings. The number of nitrogens with zero attached hydrogens (tertiary/aromatic N) is 5. The highest BCUT2D eigenvalue weighted by atomic mass is 32.2. The first-order valence-corrected chi connectivity index (χ1v) is 10.4. The van der Waals surface area contributed by atoms with Crippen molar-refractivity contribution in [2.24, 2.45) is 12.0 Å². The molecule has 146 valence electrons. The summed E-state index contributed by atoms with van der Waals surface area (Å²) in [7, 11) is 2.00. The third-order valence-electron chi connectivity index (χ3n) is 5.39. The van der Waals surface area contributed by atoms with E-state index in [9.17, 15) is 4.79 Å². The molecule has 1 saturated heterocycles. The lowest BCUT2D eigenvalue weighted by atomic mass is 10.1. The fourth-order valence-electron chi connectivity index (χ4n) is 3.60. The number of aromatic nitrogens is 2. The Kier molecular flexibility index (Phi) is 5.37. The minimum atomic E-state index is -0.132. The summed E-state index contributed by atoms with van der Waals surface area (Å²) in [6.07, 6.45) is 1.92. The predicted octanol–water partition coefficient (Wildman–Crippen LogP) is 2.83. The van der Waals surface area contributed by atoms with Crippen molar-refractivity contribution in [2.45, 2.75) is 20.4 Å². The summed E-state index contributed by atoms with van der Waals surface area (Å²) in [5, 5.41) is 5.35. The molecule has 0 aliphatic carbocycles. The number of thioether (sulfide) groups is 1. The quantitative estimate of drug-likeness (QED) is 0.748. The second kappa shape index (κ2) is 7.93. The second-order valence-corrected chi connectivity index (χ2v) is 8.27. The van der Waals surface area contributed by atoms with Crippen molar-refractivity contribution >= 4 is 28.9 Å². The lowest BCUT2D eigenvalue weighted by Crippen LogP contribution is -2.47. The topological polar surface area (TPSA) is 53.7 Å². The number of amidine groups is 1. The molecular formula is C21H25N5OS. The molecule has 0 spiro atoms. The van der Waals surface area contributed by atoms with Gasteiger partial charge < -0.3 is 4.90 Å². The molecule has 0 radical (unpaired) electrons. The van der Waals surface area contributed by atoms with E-state index in [1.54, 1.807) is 0 Å². The summed E-state index contributed by atoms with van der Waals surface area (Å²) < 4.78 is 1.96. The number of rotatable bonds is 3. The van der Waals surface area contributed by atoms with Crippen molar-refractivity contribution in [3.8, 4) is 0 Å². The number of piperazine rings is 1. The molecule has 0 unspecified atom stereocenters. The fraction of sp³-hybridized carbons (Fsp3) is 0.381. The van der Waals surface area contributed by atoms with Crippen LogP contribution in [0.2, 0.25) is 0 Å². The Morgan fingerprint density at radius 1 is 1.11 bits per heavy atom. The van der Waals surface area contributed by atoms with Crippen LogP contribution >= 0.6 is 11.8 Å². The molecule has 7 heteroatoms. The maximum Gasteiger partial charge on any atom is 0.286 e. The standard InChI is InChI=1S/C21H25N5OS/c1-15-18(16(2)24(3)23-15)14-25-9-11-26(12-10-25)21-22-20(27)19(28-21)13-17-7-5-4-6-8-17/h4-8,13H,9-12,14H2,1-3H3. The first kappa shape index (κ1) is 19.0. The summed E-state index contributed by atoms with van der Waals surface area (Å²) in [4.78, 5) is 22.0. The van der Waals surface area contributed by atoms with E-state index in [4.69, 9.17) is 0 Å². The number of benzene rings is 1. The fourth-order valence-corrected chi connectivity index (χ4v) is 4.57. The minimum Gasteiger partial charge on any atom is -0.348 e. The van der Waals surface area contributed by atoms with Gasteiger partial charge in [-0.3, -0.25) is 14.4 Å². The van der Waals surface area contributed by atoms with Crippen molar-refractivity contribution in [1.82, 2.24) is 19.6 Å². The SMILES string of the molecule is Cc1nn(C)c(C)c1CN1CCN(C2=NC(=O)C(=Cc3ccccc3)S2)CC1. The van der Waals surface area contributed by atoms with Gasteiger partial charge in [-0.1, -0.05) is 30.3 Å². The Morgan fingerprint density at radius 3 is 2.46 bits per heavy atom. The predicted molar refractivity (Wildman–Crippen MR) is 114 cm³/mol. The number of hydrogen-bond acceptors (Lipinski definition) is 5. The summed E-state index contributed by atoms with van der Waals surface area (Å²) in [5.41, 5.74) is 4.70. The number of amides is 1.